The van der Waals surface area contributed by atoms with Crippen molar-refractivity contribution in [2.24, 2.45) is 5.84 Å². The first-order valence-corrected chi connectivity index (χ1v) is 9.19. The molecule has 0 radical (unpaired) electrons. The van der Waals surface area contributed by atoms with Crippen molar-refractivity contribution < 1.29 is 14.3 Å². The molecule has 4 rings (SSSR count). The number of carbonyl (C=O) groups is 1. The molecule has 1 amide bonds. The predicted molar refractivity (Wildman–Crippen MR) is 101 cm³/mol. The fraction of sp³-hybridized carbons (Fsp3) is 0.167. The Labute approximate surface area is 159 Å². The minimum absolute atomic E-state index is 0.132. The van der Waals surface area contributed by atoms with E-state index in [1.165, 1.54) is 11.8 Å². The first-order valence-electron chi connectivity index (χ1n) is 8.20. The third-order valence-corrected chi connectivity index (χ3v) is 4.95. The molecule has 0 saturated carbocycles. The summed E-state index contributed by atoms with van der Waals surface area (Å²) in [5.74, 6) is 7.04. The summed E-state index contributed by atoms with van der Waals surface area (Å²) < 4.78 is 12.8. The molecule has 27 heavy (non-hydrogen) atoms. The Hall–Kier alpha value is -3.04. The van der Waals surface area contributed by atoms with Gasteiger partial charge in [0.25, 0.3) is 0 Å². The van der Waals surface area contributed by atoms with Crippen molar-refractivity contribution in [3.8, 4) is 28.6 Å². The van der Waals surface area contributed by atoms with Crippen LogP contribution < -0.4 is 20.7 Å². The van der Waals surface area contributed by atoms with E-state index in [1.807, 2.05) is 54.0 Å². The fourth-order valence-electron chi connectivity index (χ4n) is 2.76. The Balaban J connectivity index is 1.80. The number of ether oxygens (including phenoxy) is 2. The van der Waals surface area contributed by atoms with Crippen LogP contribution in [0.15, 0.2) is 47.6 Å². The second kappa shape index (κ2) is 7.29. The summed E-state index contributed by atoms with van der Waals surface area (Å²) in [5.41, 5.74) is 4.98. The Kier molecular flexibility index (Phi) is 4.69. The number of benzene rings is 2. The molecule has 138 valence electrons. The number of fused-ring (bicyclic) bond motifs is 1. The standard InChI is InChI=1S/C18H17N5O3S/c1-11-3-2-4-12(7-11)17-21-22-18(27-9-16(24)20-19)23(17)13-5-6-14-15(8-13)26-10-25-14/h2-8H,9-10,19H2,1H3,(H,20,24). The highest BCUT2D eigenvalue weighted by Crippen LogP contribution is 2.36. The number of rotatable bonds is 5. The van der Waals surface area contributed by atoms with Crippen molar-refractivity contribution in [1.29, 1.82) is 0 Å². The van der Waals surface area contributed by atoms with Gasteiger partial charge in [0.2, 0.25) is 12.7 Å². The first kappa shape index (κ1) is 17.4. The molecule has 1 aliphatic heterocycles. The second-order valence-electron chi connectivity index (χ2n) is 5.90. The molecule has 0 aliphatic carbocycles. The number of nitrogens with two attached hydrogens (primary N) is 1. The highest BCUT2D eigenvalue weighted by molar-refractivity contribution is 7.99. The molecule has 8 nitrogen and oxygen atoms in total. The van der Waals surface area contributed by atoms with Gasteiger partial charge in [-0.15, -0.1) is 10.2 Å². The summed E-state index contributed by atoms with van der Waals surface area (Å²) in [5, 5.41) is 9.22. The van der Waals surface area contributed by atoms with Gasteiger partial charge in [-0.05, 0) is 25.1 Å². The topological polar surface area (TPSA) is 104 Å². The van der Waals surface area contributed by atoms with Crippen LogP contribution in [0.25, 0.3) is 17.1 Å². The molecule has 1 aromatic heterocycles. The number of nitrogens with one attached hydrogen (secondary N) is 1. The van der Waals surface area contributed by atoms with Gasteiger partial charge in [0, 0.05) is 11.6 Å². The number of aromatic nitrogens is 3. The zero-order chi connectivity index (χ0) is 18.8. The van der Waals surface area contributed by atoms with E-state index in [0.29, 0.717) is 22.5 Å². The zero-order valence-electron chi connectivity index (χ0n) is 14.5. The van der Waals surface area contributed by atoms with Crippen molar-refractivity contribution in [3.05, 3.63) is 48.0 Å². The van der Waals surface area contributed by atoms with Crippen LogP contribution in [0.1, 0.15) is 5.56 Å². The third-order valence-electron chi connectivity index (χ3n) is 4.02. The number of hydrogen-bond acceptors (Lipinski definition) is 7. The minimum atomic E-state index is -0.294. The molecule has 1 aliphatic rings. The molecule has 0 saturated heterocycles. The largest absolute Gasteiger partial charge is 0.454 e. The van der Waals surface area contributed by atoms with Gasteiger partial charge < -0.3 is 9.47 Å². The van der Waals surface area contributed by atoms with E-state index in [2.05, 4.69) is 15.6 Å². The molecule has 2 heterocycles. The van der Waals surface area contributed by atoms with Crippen LogP contribution >= 0.6 is 11.8 Å². The third kappa shape index (κ3) is 3.46. The van der Waals surface area contributed by atoms with Gasteiger partial charge >= 0.3 is 0 Å². The lowest BCUT2D eigenvalue weighted by Crippen LogP contribution is -2.31. The van der Waals surface area contributed by atoms with Crippen molar-refractivity contribution in [2.45, 2.75) is 12.1 Å². The number of hydrazine groups is 1. The number of carbonyl (C=O) groups excluding carboxylic acids is 1. The van der Waals surface area contributed by atoms with Gasteiger partial charge in [0.1, 0.15) is 0 Å². The van der Waals surface area contributed by atoms with E-state index in [9.17, 15) is 4.79 Å². The molecule has 3 aromatic rings. The lowest BCUT2D eigenvalue weighted by atomic mass is 10.1. The molecule has 0 bridgehead atoms. The molecule has 3 N–H and O–H groups in total. The summed E-state index contributed by atoms with van der Waals surface area (Å²) in [6.07, 6.45) is 0. The zero-order valence-corrected chi connectivity index (χ0v) is 15.3. The smallest absolute Gasteiger partial charge is 0.244 e. The lowest BCUT2D eigenvalue weighted by Gasteiger charge is -2.11. The van der Waals surface area contributed by atoms with E-state index in [0.717, 1.165) is 16.8 Å². The number of amides is 1. The average molecular weight is 383 g/mol. The number of hydrogen-bond donors (Lipinski definition) is 2. The monoisotopic (exact) mass is 383 g/mol. The van der Waals surface area contributed by atoms with Crippen LogP contribution in [0.4, 0.5) is 0 Å². The molecular weight excluding hydrogens is 366 g/mol. The second-order valence-corrected chi connectivity index (χ2v) is 6.85. The van der Waals surface area contributed by atoms with Gasteiger partial charge in [-0.3, -0.25) is 14.8 Å². The maximum atomic E-state index is 11.6. The van der Waals surface area contributed by atoms with E-state index in [-0.39, 0.29) is 18.5 Å². The van der Waals surface area contributed by atoms with Gasteiger partial charge in [-0.1, -0.05) is 35.5 Å². The molecule has 9 heteroatoms. The van der Waals surface area contributed by atoms with Gasteiger partial charge in [-0.25, -0.2) is 5.84 Å². The Bertz CT molecular complexity index is 1000. The summed E-state index contributed by atoms with van der Waals surface area (Å²) in [6, 6.07) is 13.6. The molecule has 0 atom stereocenters. The van der Waals surface area contributed by atoms with E-state index in [4.69, 9.17) is 15.3 Å². The van der Waals surface area contributed by atoms with Crippen LogP contribution in [0.2, 0.25) is 0 Å². The van der Waals surface area contributed by atoms with Gasteiger partial charge in [-0.2, -0.15) is 0 Å². The van der Waals surface area contributed by atoms with Crippen molar-refractivity contribution in [1.82, 2.24) is 20.2 Å². The lowest BCUT2D eigenvalue weighted by molar-refractivity contribution is -0.118. The molecule has 2 aromatic carbocycles. The van der Waals surface area contributed by atoms with Crippen LogP contribution in [0.3, 0.4) is 0 Å². The quantitative estimate of drug-likeness (QED) is 0.301. The van der Waals surface area contributed by atoms with E-state index >= 15 is 0 Å². The van der Waals surface area contributed by atoms with E-state index < -0.39 is 0 Å². The molecular formula is C18H17N5O3S. The van der Waals surface area contributed by atoms with Crippen LogP contribution in [-0.4, -0.2) is 33.2 Å². The SMILES string of the molecule is Cc1cccc(-c2nnc(SCC(=O)NN)n2-c2ccc3c(c2)OCO3)c1. The first-order chi connectivity index (χ1) is 13.2. The number of thioether (sulfide) groups is 1. The summed E-state index contributed by atoms with van der Waals surface area (Å²) in [7, 11) is 0. The van der Waals surface area contributed by atoms with Gasteiger partial charge in [0.05, 0.1) is 11.4 Å². The van der Waals surface area contributed by atoms with Crippen molar-refractivity contribution >= 4 is 17.7 Å². The molecule has 0 fully saturated rings. The highest BCUT2D eigenvalue weighted by Gasteiger charge is 2.20. The predicted octanol–water partition coefficient (Wildman–Crippen LogP) is 2.05. The normalized spacial score (nSPS) is 12.2. The average Bonchev–Trinajstić information content (AvgIpc) is 3.32. The Morgan fingerprint density at radius 2 is 2.07 bits per heavy atom. The van der Waals surface area contributed by atoms with Crippen LogP contribution in [-0.2, 0) is 4.79 Å². The summed E-state index contributed by atoms with van der Waals surface area (Å²) >= 11 is 1.25. The van der Waals surface area contributed by atoms with Crippen molar-refractivity contribution in [3.63, 3.8) is 0 Å². The maximum absolute atomic E-state index is 11.6. The summed E-state index contributed by atoms with van der Waals surface area (Å²) in [4.78, 5) is 11.6. The Morgan fingerprint density at radius 3 is 2.89 bits per heavy atom. The number of nitrogens with zero attached hydrogens (tertiary/aromatic N) is 3. The molecule has 0 spiro atoms. The fourth-order valence-corrected chi connectivity index (χ4v) is 3.53. The maximum Gasteiger partial charge on any atom is 0.244 e. The van der Waals surface area contributed by atoms with Gasteiger partial charge in [0.15, 0.2) is 22.5 Å². The van der Waals surface area contributed by atoms with Crippen LogP contribution in [0, 0.1) is 6.92 Å². The minimum Gasteiger partial charge on any atom is -0.454 e. The summed E-state index contributed by atoms with van der Waals surface area (Å²) in [6.45, 7) is 2.22. The van der Waals surface area contributed by atoms with Crippen molar-refractivity contribution in [2.75, 3.05) is 12.5 Å². The Morgan fingerprint density at radius 1 is 1.22 bits per heavy atom. The number of aryl methyl sites for hydroxylation is 1. The molecule has 0 unspecified atom stereocenters. The highest BCUT2D eigenvalue weighted by atomic mass is 32.2. The van der Waals surface area contributed by atoms with E-state index in [1.54, 1.807) is 0 Å². The van der Waals surface area contributed by atoms with Crippen LogP contribution in [0.5, 0.6) is 11.5 Å².